The number of benzene rings is 1. The number of allylic oxidation sites excluding steroid dienone is 1. The fourth-order valence-electron chi connectivity index (χ4n) is 0.987. The van der Waals surface area contributed by atoms with Crippen LogP contribution in [0, 0.1) is 6.92 Å². The molecule has 0 saturated carbocycles. The van der Waals surface area contributed by atoms with Crippen LogP contribution in [-0.2, 0) is 0 Å². The fourth-order valence-corrected chi connectivity index (χ4v) is 0.987. The van der Waals surface area contributed by atoms with E-state index in [1.807, 2.05) is 26.0 Å². The molecule has 0 aliphatic carbocycles. The van der Waals surface area contributed by atoms with Crippen molar-refractivity contribution >= 4 is 11.4 Å². The predicted molar refractivity (Wildman–Crippen MR) is 58.8 cm³/mol. The lowest BCUT2D eigenvalue weighted by atomic mass is 10.2. The van der Waals surface area contributed by atoms with Crippen molar-refractivity contribution in [2.45, 2.75) is 20.8 Å². The Labute approximate surface area is 79.8 Å². The zero-order valence-corrected chi connectivity index (χ0v) is 8.46. The van der Waals surface area contributed by atoms with E-state index in [4.69, 9.17) is 0 Å². The van der Waals surface area contributed by atoms with Gasteiger partial charge in [0.15, 0.2) is 0 Å². The summed E-state index contributed by atoms with van der Waals surface area (Å²) >= 11 is 0. The Morgan fingerprint density at radius 2 is 2.00 bits per heavy atom. The minimum atomic E-state index is 0.991. The lowest BCUT2D eigenvalue weighted by Crippen LogP contribution is -1.89. The summed E-state index contributed by atoms with van der Waals surface area (Å²) < 4.78 is 0. The minimum Gasteiger partial charge on any atom is -0.254 e. The molecule has 0 unspecified atom stereocenters. The summed E-state index contributed by atoms with van der Waals surface area (Å²) in [6.07, 6.45) is 0. The van der Waals surface area contributed by atoms with Gasteiger partial charge in [-0.25, -0.2) is 0 Å². The van der Waals surface area contributed by atoms with Crippen molar-refractivity contribution in [2.75, 3.05) is 0 Å². The lowest BCUT2D eigenvalue weighted by Gasteiger charge is -1.99. The molecule has 0 radical (unpaired) electrons. The van der Waals surface area contributed by atoms with Gasteiger partial charge in [0.1, 0.15) is 0 Å². The molecule has 0 N–H and O–H groups in total. The van der Waals surface area contributed by atoms with Crippen LogP contribution >= 0.6 is 0 Å². The molecule has 1 aromatic rings. The summed E-state index contributed by atoms with van der Waals surface area (Å²) in [6.45, 7) is 9.85. The van der Waals surface area contributed by atoms with Crippen LogP contribution in [0.4, 0.5) is 5.69 Å². The van der Waals surface area contributed by atoms with E-state index in [2.05, 4.69) is 30.6 Å². The summed E-state index contributed by atoms with van der Waals surface area (Å²) in [6, 6.07) is 8.14. The largest absolute Gasteiger partial charge is 0.254 e. The van der Waals surface area contributed by atoms with Gasteiger partial charge in [-0.2, -0.15) is 0 Å². The predicted octanol–water partition coefficient (Wildman–Crippen LogP) is 3.66. The van der Waals surface area contributed by atoms with E-state index in [0.717, 1.165) is 17.0 Å². The molecule has 0 bridgehead atoms. The summed E-state index contributed by atoms with van der Waals surface area (Å²) in [5, 5.41) is 0. The molecule has 0 spiro atoms. The van der Waals surface area contributed by atoms with Gasteiger partial charge in [0.05, 0.1) is 5.69 Å². The highest BCUT2D eigenvalue weighted by Crippen LogP contribution is 2.14. The van der Waals surface area contributed by atoms with E-state index >= 15 is 0 Å². The van der Waals surface area contributed by atoms with Crippen LogP contribution in [0.25, 0.3) is 0 Å². The standard InChI is InChI=1S/C12H15N/c1-9(2)11(4)13-12-7-5-6-10(3)8-12/h5-8H,1H2,2-4H3. The summed E-state index contributed by atoms with van der Waals surface area (Å²) in [7, 11) is 0. The zero-order valence-electron chi connectivity index (χ0n) is 8.46. The molecule has 1 aromatic carbocycles. The van der Waals surface area contributed by atoms with Crippen molar-refractivity contribution in [1.82, 2.24) is 0 Å². The number of hydrogen-bond acceptors (Lipinski definition) is 1. The fraction of sp³-hybridized carbons (Fsp3) is 0.250. The Balaban J connectivity index is 2.97. The van der Waals surface area contributed by atoms with Crippen LogP contribution < -0.4 is 0 Å². The maximum Gasteiger partial charge on any atom is 0.0635 e. The van der Waals surface area contributed by atoms with Gasteiger partial charge in [-0.05, 0) is 44.0 Å². The number of hydrogen-bond donors (Lipinski definition) is 0. The van der Waals surface area contributed by atoms with E-state index in [-0.39, 0.29) is 0 Å². The number of nitrogens with zero attached hydrogens (tertiary/aromatic N) is 1. The molecule has 0 aliphatic heterocycles. The molecular weight excluding hydrogens is 158 g/mol. The van der Waals surface area contributed by atoms with Crippen LogP contribution in [-0.4, -0.2) is 5.71 Å². The molecule has 1 nitrogen and oxygen atoms in total. The highest BCUT2D eigenvalue weighted by atomic mass is 14.7. The third-order valence-electron chi connectivity index (χ3n) is 1.92. The van der Waals surface area contributed by atoms with E-state index < -0.39 is 0 Å². The van der Waals surface area contributed by atoms with Gasteiger partial charge in [0.2, 0.25) is 0 Å². The normalized spacial score (nSPS) is 11.5. The number of aryl methyl sites for hydroxylation is 1. The molecule has 0 aliphatic rings. The van der Waals surface area contributed by atoms with Gasteiger partial charge in [0, 0.05) is 5.71 Å². The Morgan fingerprint density at radius 3 is 2.54 bits per heavy atom. The summed E-state index contributed by atoms with van der Waals surface area (Å²) in [4.78, 5) is 4.44. The molecule has 0 aromatic heterocycles. The third-order valence-corrected chi connectivity index (χ3v) is 1.92. The monoisotopic (exact) mass is 173 g/mol. The van der Waals surface area contributed by atoms with E-state index in [0.29, 0.717) is 0 Å². The van der Waals surface area contributed by atoms with Gasteiger partial charge in [-0.3, -0.25) is 4.99 Å². The van der Waals surface area contributed by atoms with Gasteiger partial charge < -0.3 is 0 Å². The highest BCUT2D eigenvalue weighted by molar-refractivity contribution is 5.98. The molecule has 0 heterocycles. The van der Waals surface area contributed by atoms with Crippen molar-refractivity contribution in [3.63, 3.8) is 0 Å². The van der Waals surface area contributed by atoms with Crippen molar-refractivity contribution < 1.29 is 0 Å². The molecule has 68 valence electrons. The van der Waals surface area contributed by atoms with Gasteiger partial charge in [-0.1, -0.05) is 18.7 Å². The first-order valence-electron chi connectivity index (χ1n) is 4.37. The maximum atomic E-state index is 4.44. The number of rotatable bonds is 2. The summed E-state index contributed by atoms with van der Waals surface area (Å²) in [5.41, 5.74) is 4.24. The molecule has 0 saturated heterocycles. The molecule has 0 fully saturated rings. The van der Waals surface area contributed by atoms with E-state index in [1.54, 1.807) is 0 Å². The van der Waals surface area contributed by atoms with Gasteiger partial charge in [0.25, 0.3) is 0 Å². The van der Waals surface area contributed by atoms with Crippen LogP contribution in [0.5, 0.6) is 0 Å². The van der Waals surface area contributed by atoms with Gasteiger partial charge >= 0.3 is 0 Å². The van der Waals surface area contributed by atoms with Crippen molar-refractivity contribution in [1.29, 1.82) is 0 Å². The van der Waals surface area contributed by atoms with Crippen molar-refractivity contribution in [2.24, 2.45) is 4.99 Å². The Hall–Kier alpha value is -1.37. The average molecular weight is 173 g/mol. The zero-order chi connectivity index (χ0) is 9.84. The second kappa shape index (κ2) is 4.04. The first-order chi connectivity index (χ1) is 6.09. The van der Waals surface area contributed by atoms with E-state index in [9.17, 15) is 0 Å². The van der Waals surface area contributed by atoms with Crippen LogP contribution in [0.2, 0.25) is 0 Å². The Kier molecular flexibility index (Phi) is 3.02. The molecule has 0 amide bonds. The maximum absolute atomic E-state index is 4.44. The van der Waals surface area contributed by atoms with Crippen LogP contribution in [0.1, 0.15) is 19.4 Å². The first-order valence-corrected chi connectivity index (χ1v) is 4.37. The van der Waals surface area contributed by atoms with Crippen LogP contribution in [0.15, 0.2) is 41.4 Å². The molecule has 0 atom stereocenters. The lowest BCUT2D eigenvalue weighted by molar-refractivity contribution is 1.41. The third kappa shape index (κ3) is 2.86. The highest BCUT2D eigenvalue weighted by Gasteiger charge is 1.93. The molecule has 13 heavy (non-hydrogen) atoms. The van der Waals surface area contributed by atoms with Gasteiger partial charge in [-0.15, -0.1) is 0 Å². The minimum absolute atomic E-state index is 0.991. The first kappa shape index (κ1) is 9.72. The second-order valence-electron chi connectivity index (χ2n) is 3.32. The van der Waals surface area contributed by atoms with Crippen molar-refractivity contribution in [3.8, 4) is 0 Å². The van der Waals surface area contributed by atoms with Crippen molar-refractivity contribution in [3.05, 3.63) is 42.0 Å². The summed E-state index contributed by atoms with van der Waals surface area (Å²) in [5.74, 6) is 0. The molecular formula is C12H15N. The Bertz CT molecular complexity index is 348. The molecule has 1 heteroatoms. The second-order valence-corrected chi connectivity index (χ2v) is 3.32. The topological polar surface area (TPSA) is 12.4 Å². The van der Waals surface area contributed by atoms with E-state index in [1.165, 1.54) is 5.56 Å². The number of aliphatic imine (C=N–C) groups is 1. The SMILES string of the molecule is C=C(C)C(C)=Nc1cccc(C)c1. The Morgan fingerprint density at radius 1 is 1.31 bits per heavy atom. The molecule has 1 rings (SSSR count). The van der Waals surface area contributed by atoms with Crippen LogP contribution in [0.3, 0.4) is 0 Å². The smallest absolute Gasteiger partial charge is 0.0635 e. The average Bonchev–Trinajstić information content (AvgIpc) is 2.04. The quantitative estimate of drug-likeness (QED) is 0.605.